The molecule has 0 amide bonds. The van der Waals surface area contributed by atoms with Gasteiger partial charge >= 0.3 is 6.18 Å². The van der Waals surface area contributed by atoms with E-state index in [0.717, 1.165) is 11.3 Å². The molecule has 0 aliphatic rings. The first-order valence-electron chi connectivity index (χ1n) is 4.90. The van der Waals surface area contributed by atoms with Crippen molar-refractivity contribution in [2.24, 2.45) is 0 Å². The number of thiazole rings is 1. The van der Waals surface area contributed by atoms with Crippen LogP contribution in [0.2, 0.25) is 0 Å². The third-order valence-electron chi connectivity index (χ3n) is 2.45. The molecule has 0 aliphatic carbocycles. The summed E-state index contributed by atoms with van der Waals surface area (Å²) in [6, 6.07) is 7.83. The van der Waals surface area contributed by atoms with Crippen molar-refractivity contribution in [3.63, 3.8) is 0 Å². The number of para-hydroxylation sites is 1. The molecular formula is C11H7F3N2OS. The number of fused-ring (bicyclic) bond motifs is 1. The Balaban J connectivity index is 2.59. The zero-order valence-electron chi connectivity index (χ0n) is 8.90. The van der Waals surface area contributed by atoms with Crippen LogP contribution < -0.4 is 0 Å². The van der Waals surface area contributed by atoms with Gasteiger partial charge in [0.15, 0.2) is 0 Å². The van der Waals surface area contributed by atoms with E-state index in [4.69, 9.17) is 5.26 Å². The SMILES string of the molecule is N#CC[C@@](O)(c1nc2ccccc2s1)C(F)(F)F. The Morgan fingerprint density at radius 2 is 2.00 bits per heavy atom. The molecule has 7 heteroatoms. The minimum atomic E-state index is -4.93. The van der Waals surface area contributed by atoms with Crippen LogP contribution in [-0.4, -0.2) is 16.3 Å². The number of benzene rings is 1. The number of rotatable bonds is 2. The monoisotopic (exact) mass is 272 g/mol. The molecule has 0 fully saturated rings. The van der Waals surface area contributed by atoms with Crippen molar-refractivity contribution in [3.8, 4) is 6.07 Å². The molecule has 0 spiro atoms. The number of aromatic nitrogens is 1. The Morgan fingerprint density at radius 1 is 1.33 bits per heavy atom. The van der Waals surface area contributed by atoms with Gasteiger partial charge in [0.2, 0.25) is 5.60 Å². The molecule has 1 N–H and O–H groups in total. The molecule has 1 aromatic carbocycles. The standard InChI is InChI=1S/C11H7F3N2OS/c12-11(13,14)10(17,5-6-15)9-16-7-3-1-2-4-8(7)18-9/h1-4,17H,5H2/t10-/m1/s1. The predicted octanol–water partition coefficient (Wildman–Crippen LogP) is 2.96. The van der Waals surface area contributed by atoms with Gasteiger partial charge in [0, 0.05) is 0 Å². The third kappa shape index (κ3) is 1.94. The van der Waals surface area contributed by atoms with Crippen LogP contribution in [0.15, 0.2) is 24.3 Å². The van der Waals surface area contributed by atoms with E-state index in [1.165, 1.54) is 6.07 Å². The van der Waals surface area contributed by atoms with E-state index in [1.54, 1.807) is 24.3 Å². The first-order chi connectivity index (χ1) is 8.38. The summed E-state index contributed by atoms with van der Waals surface area (Å²) < 4.78 is 39.1. The summed E-state index contributed by atoms with van der Waals surface area (Å²) in [4.78, 5) is 3.77. The van der Waals surface area contributed by atoms with Crippen LogP contribution in [0, 0.1) is 11.3 Å². The lowest BCUT2D eigenvalue weighted by Gasteiger charge is -2.25. The number of nitriles is 1. The molecule has 3 nitrogen and oxygen atoms in total. The summed E-state index contributed by atoms with van der Waals surface area (Å²) in [7, 11) is 0. The fraction of sp³-hybridized carbons (Fsp3) is 0.273. The van der Waals surface area contributed by atoms with Crippen LogP contribution in [0.1, 0.15) is 11.4 Å². The van der Waals surface area contributed by atoms with Gasteiger partial charge in [0.25, 0.3) is 0 Å². The van der Waals surface area contributed by atoms with Gasteiger partial charge in [-0.2, -0.15) is 18.4 Å². The van der Waals surface area contributed by atoms with Gasteiger partial charge in [-0.1, -0.05) is 12.1 Å². The highest BCUT2D eigenvalue weighted by Crippen LogP contribution is 2.43. The molecule has 94 valence electrons. The summed E-state index contributed by atoms with van der Waals surface area (Å²) >= 11 is 0.739. The van der Waals surface area contributed by atoms with Gasteiger partial charge in [0.1, 0.15) is 5.01 Å². The molecule has 18 heavy (non-hydrogen) atoms. The normalized spacial score (nSPS) is 15.3. The molecule has 0 aliphatic heterocycles. The van der Waals surface area contributed by atoms with Crippen molar-refractivity contribution in [3.05, 3.63) is 29.3 Å². The summed E-state index contributed by atoms with van der Waals surface area (Å²) in [5.74, 6) is 0. The van der Waals surface area contributed by atoms with E-state index in [2.05, 4.69) is 4.98 Å². The molecule has 0 saturated heterocycles. The van der Waals surface area contributed by atoms with E-state index in [1.807, 2.05) is 0 Å². The average Bonchev–Trinajstić information content (AvgIpc) is 2.71. The second kappa shape index (κ2) is 4.23. The Bertz CT molecular complexity index is 584. The maximum atomic E-state index is 12.9. The summed E-state index contributed by atoms with van der Waals surface area (Å²) in [5, 5.41) is 17.7. The highest BCUT2D eigenvalue weighted by atomic mass is 32.1. The van der Waals surface area contributed by atoms with Crippen LogP contribution in [0.5, 0.6) is 0 Å². The van der Waals surface area contributed by atoms with Crippen LogP contribution in [0.25, 0.3) is 10.2 Å². The minimum absolute atomic E-state index is 0.373. The number of hydrogen-bond acceptors (Lipinski definition) is 4. The number of hydrogen-bond donors (Lipinski definition) is 1. The van der Waals surface area contributed by atoms with E-state index >= 15 is 0 Å². The third-order valence-corrected chi connectivity index (χ3v) is 3.64. The lowest BCUT2D eigenvalue weighted by atomic mass is 10.0. The molecule has 1 atom stereocenters. The van der Waals surface area contributed by atoms with E-state index < -0.39 is 23.2 Å². The van der Waals surface area contributed by atoms with Crippen LogP contribution >= 0.6 is 11.3 Å². The molecule has 0 unspecified atom stereocenters. The van der Waals surface area contributed by atoms with Crippen LogP contribution in [-0.2, 0) is 5.60 Å². The van der Waals surface area contributed by atoms with Gasteiger partial charge < -0.3 is 5.11 Å². The molecule has 0 saturated carbocycles. The molecule has 2 rings (SSSR count). The summed E-state index contributed by atoms with van der Waals surface area (Å²) in [5.41, 5.74) is -2.83. The zero-order chi connectivity index (χ0) is 13.4. The van der Waals surface area contributed by atoms with Crippen LogP contribution in [0.3, 0.4) is 0 Å². The predicted molar refractivity (Wildman–Crippen MR) is 59.8 cm³/mol. The van der Waals surface area contributed by atoms with Crippen molar-refractivity contribution in [1.29, 1.82) is 5.26 Å². The highest BCUT2D eigenvalue weighted by molar-refractivity contribution is 7.18. The van der Waals surface area contributed by atoms with Gasteiger partial charge in [-0.05, 0) is 12.1 Å². The topological polar surface area (TPSA) is 56.9 Å². The first-order valence-corrected chi connectivity index (χ1v) is 5.72. The maximum absolute atomic E-state index is 12.9. The molecule has 0 bridgehead atoms. The van der Waals surface area contributed by atoms with Crippen molar-refractivity contribution in [2.75, 3.05) is 0 Å². The number of halogens is 3. The Kier molecular flexibility index (Phi) is 3.00. The Labute approximate surface area is 104 Å². The van der Waals surface area contributed by atoms with Crippen molar-refractivity contribution in [2.45, 2.75) is 18.2 Å². The molecule has 1 heterocycles. The van der Waals surface area contributed by atoms with Gasteiger partial charge in [-0.3, -0.25) is 0 Å². The quantitative estimate of drug-likeness (QED) is 0.914. The van der Waals surface area contributed by atoms with E-state index in [9.17, 15) is 18.3 Å². The zero-order valence-corrected chi connectivity index (χ0v) is 9.72. The Hall–Kier alpha value is -1.65. The van der Waals surface area contributed by atoms with Crippen molar-refractivity contribution >= 4 is 21.6 Å². The number of nitrogens with zero attached hydrogens (tertiary/aromatic N) is 2. The molecule has 1 aromatic heterocycles. The smallest absolute Gasteiger partial charge is 0.374 e. The second-order valence-electron chi connectivity index (χ2n) is 3.68. The van der Waals surface area contributed by atoms with Crippen LogP contribution in [0.4, 0.5) is 13.2 Å². The highest BCUT2D eigenvalue weighted by Gasteiger charge is 2.57. The second-order valence-corrected chi connectivity index (χ2v) is 4.71. The molecule has 2 aromatic rings. The van der Waals surface area contributed by atoms with Crippen molar-refractivity contribution < 1.29 is 18.3 Å². The van der Waals surface area contributed by atoms with Crippen molar-refractivity contribution in [1.82, 2.24) is 4.98 Å². The maximum Gasteiger partial charge on any atom is 0.424 e. The number of aliphatic hydroxyl groups is 1. The molecular weight excluding hydrogens is 265 g/mol. The Morgan fingerprint density at radius 3 is 2.56 bits per heavy atom. The summed E-state index contributed by atoms with van der Waals surface area (Å²) in [6.07, 6.45) is -6.01. The summed E-state index contributed by atoms with van der Waals surface area (Å²) in [6.45, 7) is 0. The average molecular weight is 272 g/mol. The van der Waals surface area contributed by atoms with Gasteiger partial charge in [-0.25, -0.2) is 4.98 Å². The number of alkyl halides is 3. The largest absolute Gasteiger partial charge is 0.424 e. The van der Waals surface area contributed by atoms with Gasteiger partial charge in [-0.15, -0.1) is 11.3 Å². The fourth-order valence-electron chi connectivity index (χ4n) is 1.46. The first kappa shape index (κ1) is 12.8. The van der Waals surface area contributed by atoms with Gasteiger partial charge in [0.05, 0.1) is 22.7 Å². The molecule has 0 radical (unpaired) electrons. The lowest BCUT2D eigenvalue weighted by molar-refractivity contribution is -0.264. The minimum Gasteiger partial charge on any atom is -0.374 e. The van der Waals surface area contributed by atoms with E-state index in [0.29, 0.717) is 10.2 Å². The van der Waals surface area contributed by atoms with E-state index in [-0.39, 0.29) is 0 Å². The fourth-order valence-corrected chi connectivity index (χ4v) is 2.53. The lowest BCUT2D eigenvalue weighted by Crippen LogP contribution is -2.41.